The average Bonchev–Trinajstić information content (AvgIpc) is 2.37. The van der Waals surface area contributed by atoms with Crippen LogP contribution in [0.3, 0.4) is 0 Å². The molecular formula is C14H11BrN2O3. The molecule has 0 saturated heterocycles. The number of rotatable bonds is 1. The van der Waals surface area contributed by atoms with E-state index in [9.17, 15) is 20.0 Å². The Labute approximate surface area is 124 Å². The van der Waals surface area contributed by atoms with E-state index < -0.39 is 18.0 Å². The molecular weight excluding hydrogens is 324 g/mol. The zero-order valence-corrected chi connectivity index (χ0v) is 12.2. The summed E-state index contributed by atoms with van der Waals surface area (Å²) in [4.78, 5) is 24.1. The summed E-state index contributed by atoms with van der Waals surface area (Å²) >= 11 is 3.31. The Morgan fingerprint density at radius 3 is 2.80 bits per heavy atom. The molecule has 1 aromatic rings. The molecule has 0 aliphatic carbocycles. The van der Waals surface area contributed by atoms with Crippen LogP contribution < -0.4 is 0 Å². The van der Waals surface area contributed by atoms with Crippen LogP contribution in [0, 0.1) is 11.3 Å². The smallest absolute Gasteiger partial charge is 0.414 e. The normalized spacial score (nSPS) is 18.9. The van der Waals surface area contributed by atoms with E-state index in [-0.39, 0.29) is 6.42 Å². The zero-order chi connectivity index (χ0) is 14.9. The molecule has 0 radical (unpaired) electrons. The van der Waals surface area contributed by atoms with Crippen LogP contribution in [-0.2, 0) is 4.79 Å². The van der Waals surface area contributed by atoms with Crippen LogP contribution in [-0.4, -0.2) is 22.0 Å². The summed E-state index contributed by atoms with van der Waals surface area (Å²) in [6.45, 7) is 1.68. The minimum Gasteiger partial charge on any atom is -0.465 e. The lowest BCUT2D eigenvalue weighted by molar-refractivity contribution is -0.130. The Kier molecular flexibility index (Phi) is 3.91. The van der Waals surface area contributed by atoms with E-state index in [1.807, 2.05) is 6.07 Å². The Hall–Kier alpha value is -2.13. The molecule has 5 nitrogen and oxygen atoms in total. The highest BCUT2D eigenvalue weighted by molar-refractivity contribution is 9.10. The zero-order valence-electron chi connectivity index (χ0n) is 10.6. The van der Waals surface area contributed by atoms with Gasteiger partial charge in [0.05, 0.1) is 11.6 Å². The minimum absolute atomic E-state index is 0.0420. The Balaban J connectivity index is 2.64. The number of carbonyl (C=O) groups is 2. The predicted octanol–water partition coefficient (Wildman–Crippen LogP) is 3.24. The van der Waals surface area contributed by atoms with Gasteiger partial charge in [-0.15, -0.1) is 0 Å². The maximum Gasteiger partial charge on any atom is 0.414 e. The second-order valence-electron chi connectivity index (χ2n) is 4.49. The van der Waals surface area contributed by atoms with Gasteiger partial charge < -0.3 is 5.11 Å². The molecule has 0 aromatic heterocycles. The first-order valence-electron chi connectivity index (χ1n) is 5.86. The number of hydrogen-bond donors (Lipinski definition) is 1. The molecule has 1 aromatic carbocycles. The molecule has 2 amide bonds. The lowest BCUT2D eigenvalue weighted by Gasteiger charge is -2.32. The molecule has 1 aliphatic heterocycles. The van der Waals surface area contributed by atoms with E-state index in [0.29, 0.717) is 16.7 Å². The number of carboxylic acid groups (broad SMARTS) is 1. The van der Waals surface area contributed by atoms with Gasteiger partial charge >= 0.3 is 6.09 Å². The van der Waals surface area contributed by atoms with Crippen molar-refractivity contribution < 1.29 is 14.7 Å². The van der Waals surface area contributed by atoms with Crippen LogP contribution in [0.2, 0.25) is 0 Å². The number of amides is 2. The van der Waals surface area contributed by atoms with E-state index in [2.05, 4.69) is 15.9 Å². The summed E-state index contributed by atoms with van der Waals surface area (Å²) in [5.41, 5.74) is 1.51. The second-order valence-corrected chi connectivity index (χ2v) is 5.40. The lowest BCUT2D eigenvalue weighted by atomic mass is 9.89. The SMILES string of the molecule is CC1=C(C#N)C(c2cccc(Br)c2)N(C(=O)O)C(=O)C1. The van der Waals surface area contributed by atoms with Gasteiger partial charge in [-0.05, 0) is 30.2 Å². The molecule has 1 atom stereocenters. The number of nitriles is 1. The van der Waals surface area contributed by atoms with E-state index in [1.165, 1.54) is 0 Å². The van der Waals surface area contributed by atoms with Crippen molar-refractivity contribution in [1.29, 1.82) is 5.26 Å². The average molecular weight is 335 g/mol. The summed E-state index contributed by atoms with van der Waals surface area (Å²) in [5.74, 6) is -0.515. The fourth-order valence-electron chi connectivity index (χ4n) is 2.28. The third-order valence-corrected chi connectivity index (χ3v) is 3.66. The standard InChI is InChI=1S/C14H11BrN2O3/c1-8-5-12(18)17(14(19)20)13(11(8)7-16)9-3-2-4-10(15)6-9/h2-4,6,13H,5H2,1H3,(H,19,20). The first kappa shape index (κ1) is 14.3. The Bertz CT molecular complexity index is 661. The molecule has 20 heavy (non-hydrogen) atoms. The van der Waals surface area contributed by atoms with Gasteiger partial charge in [0.1, 0.15) is 6.04 Å². The predicted molar refractivity (Wildman–Crippen MR) is 74.7 cm³/mol. The highest BCUT2D eigenvalue weighted by Crippen LogP contribution is 2.36. The largest absolute Gasteiger partial charge is 0.465 e. The summed E-state index contributed by atoms with van der Waals surface area (Å²) in [6.07, 6.45) is -1.39. The molecule has 1 heterocycles. The van der Waals surface area contributed by atoms with Crippen molar-refractivity contribution in [2.45, 2.75) is 19.4 Å². The van der Waals surface area contributed by atoms with E-state index in [4.69, 9.17) is 0 Å². The van der Waals surface area contributed by atoms with Crippen LogP contribution in [0.1, 0.15) is 24.9 Å². The van der Waals surface area contributed by atoms with E-state index in [1.54, 1.807) is 31.2 Å². The first-order chi connectivity index (χ1) is 9.45. The van der Waals surface area contributed by atoms with E-state index >= 15 is 0 Å². The molecule has 102 valence electrons. The fraction of sp³-hybridized carbons (Fsp3) is 0.214. The van der Waals surface area contributed by atoms with Gasteiger partial charge in [-0.2, -0.15) is 5.26 Å². The first-order valence-corrected chi connectivity index (χ1v) is 6.65. The lowest BCUT2D eigenvalue weighted by Crippen LogP contribution is -2.42. The van der Waals surface area contributed by atoms with Gasteiger partial charge in [-0.25, -0.2) is 9.69 Å². The third kappa shape index (κ3) is 2.45. The Morgan fingerprint density at radius 1 is 1.55 bits per heavy atom. The Morgan fingerprint density at radius 2 is 2.25 bits per heavy atom. The van der Waals surface area contributed by atoms with Crippen molar-refractivity contribution in [1.82, 2.24) is 4.90 Å². The maximum absolute atomic E-state index is 12.0. The van der Waals surface area contributed by atoms with Gasteiger partial charge in [0, 0.05) is 10.9 Å². The number of hydrogen-bond acceptors (Lipinski definition) is 3. The molecule has 0 bridgehead atoms. The topological polar surface area (TPSA) is 81.4 Å². The van der Waals surface area contributed by atoms with Crippen molar-refractivity contribution in [2.24, 2.45) is 0 Å². The van der Waals surface area contributed by atoms with E-state index in [0.717, 1.165) is 9.37 Å². The molecule has 1 unspecified atom stereocenters. The van der Waals surface area contributed by atoms with Gasteiger partial charge in [0.25, 0.3) is 0 Å². The van der Waals surface area contributed by atoms with Gasteiger partial charge in [-0.1, -0.05) is 28.1 Å². The van der Waals surface area contributed by atoms with Gasteiger partial charge in [-0.3, -0.25) is 4.79 Å². The number of carbonyl (C=O) groups excluding carboxylic acids is 1. The molecule has 1 N–H and O–H groups in total. The molecule has 0 fully saturated rings. The second kappa shape index (κ2) is 5.47. The molecule has 0 saturated carbocycles. The molecule has 2 rings (SSSR count). The van der Waals surface area contributed by atoms with Gasteiger partial charge in [0.15, 0.2) is 0 Å². The summed E-state index contributed by atoms with van der Waals surface area (Å²) in [5, 5.41) is 18.6. The number of imide groups is 1. The van der Waals surface area contributed by atoms with Crippen molar-refractivity contribution in [3.63, 3.8) is 0 Å². The molecule has 1 aliphatic rings. The van der Waals surface area contributed by atoms with Crippen molar-refractivity contribution >= 4 is 27.9 Å². The highest BCUT2D eigenvalue weighted by atomic mass is 79.9. The highest BCUT2D eigenvalue weighted by Gasteiger charge is 2.38. The van der Waals surface area contributed by atoms with Crippen LogP contribution in [0.5, 0.6) is 0 Å². The maximum atomic E-state index is 12.0. The summed E-state index contributed by atoms with van der Waals surface area (Å²) < 4.78 is 0.758. The van der Waals surface area contributed by atoms with Crippen molar-refractivity contribution in [2.75, 3.05) is 0 Å². The number of halogens is 1. The number of benzene rings is 1. The third-order valence-electron chi connectivity index (χ3n) is 3.17. The molecule has 6 heteroatoms. The van der Waals surface area contributed by atoms with Crippen molar-refractivity contribution in [3.8, 4) is 6.07 Å². The van der Waals surface area contributed by atoms with Crippen LogP contribution in [0.15, 0.2) is 39.9 Å². The van der Waals surface area contributed by atoms with Gasteiger partial charge in [0.2, 0.25) is 5.91 Å². The fourth-order valence-corrected chi connectivity index (χ4v) is 2.70. The monoisotopic (exact) mass is 334 g/mol. The number of nitrogens with zero attached hydrogens (tertiary/aromatic N) is 2. The molecule has 0 spiro atoms. The summed E-state index contributed by atoms with van der Waals surface area (Å²) in [6, 6.07) is 8.10. The van der Waals surface area contributed by atoms with Crippen LogP contribution >= 0.6 is 15.9 Å². The summed E-state index contributed by atoms with van der Waals surface area (Å²) in [7, 11) is 0. The minimum atomic E-state index is -1.35. The van der Waals surface area contributed by atoms with Crippen LogP contribution in [0.25, 0.3) is 0 Å². The van der Waals surface area contributed by atoms with Crippen LogP contribution in [0.4, 0.5) is 4.79 Å². The van der Waals surface area contributed by atoms with Crippen molar-refractivity contribution in [3.05, 3.63) is 45.4 Å². The quantitative estimate of drug-likeness (QED) is 0.854.